The van der Waals surface area contributed by atoms with E-state index in [1.54, 1.807) is 0 Å². The van der Waals surface area contributed by atoms with E-state index < -0.39 is 0 Å². The van der Waals surface area contributed by atoms with E-state index in [4.69, 9.17) is 9.15 Å². The maximum Gasteiger partial charge on any atom is 0.254 e. The van der Waals surface area contributed by atoms with Crippen LogP contribution in [0, 0.1) is 0 Å². The van der Waals surface area contributed by atoms with Crippen LogP contribution in [0.25, 0.3) is 11.5 Å². The Kier molecular flexibility index (Phi) is 3.35. The summed E-state index contributed by atoms with van der Waals surface area (Å²) in [6.45, 7) is 0.290. The molecule has 1 heterocycles. The number of hydrogen-bond acceptors (Lipinski definition) is 4. The van der Waals surface area contributed by atoms with Gasteiger partial charge in [0.25, 0.3) is 5.89 Å². The van der Waals surface area contributed by atoms with Crippen molar-refractivity contribution < 1.29 is 9.15 Å². The predicted molar refractivity (Wildman–Crippen MR) is 82.5 cm³/mol. The SMILES string of the molecule is c1ccc(-c2nnc(COc3ccc4c(c3)CCC4)o2)cc1. The monoisotopic (exact) mass is 292 g/mol. The van der Waals surface area contributed by atoms with Crippen LogP contribution in [0.5, 0.6) is 5.75 Å². The lowest BCUT2D eigenvalue weighted by atomic mass is 10.1. The fourth-order valence-corrected chi connectivity index (χ4v) is 2.79. The lowest BCUT2D eigenvalue weighted by Gasteiger charge is -2.05. The van der Waals surface area contributed by atoms with E-state index >= 15 is 0 Å². The molecule has 0 spiro atoms. The zero-order valence-electron chi connectivity index (χ0n) is 12.2. The first-order chi connectivity index (χ1) is 10.9. The molecule has 4 nitrogen and oxygen atoms in total. The van der Waals surface area contributed by atoms with Crippen molar-refractivity contribution in [1.29, 1.82) is 0 Å². The predicted octanol–water partition coefficient (Wildman–Crippen LogP) is 3.80. The summed E-state index contributed by atoms with van der Waals surface area (Å²) >= 11 is 0. The molecule has 4 heteroatoms. The summed E-state index contributed by atoms with van der Waals surface area (Å²) in [6.07, 6.45) is 3.56. The van der Waals surface area contributed by atoms with Crippen molar-refractivity contribution in [3.05, 3.63) is 65.5 Å². The highest BCUT2D eigenvalue weighted by Crippen LogP contribution is 2.26. The second-order valence-corrected chi connectivity index (χ2v) is 5.44. The lowest BCUT2D eigenvalue weighted by molar-refractivity contribution is 0.264. The fraction of sp³-hybridized carbons (Fsp3) is 0.222. The number of benzene rings is 2. The van der Waals surface area contributed by atoms with Gasteiger partial charge in [-0.25, -0.2) is 0 Å². The molecule has 0 aliphatic heterocycles. The number of ether oxygens (including phenoxy) is 1. The van der Waals surface area contributed by atoms with Crippen molar-refractivity contribution in [2.75, 3.05) is 0 Å². The summed E-state index contributed by atoms with van der Waals surface area (Å²) < 4.78 is 11.4. The van der Waals surface area contributed by atoms with Crippen molar-refractivity contribution in [1.82, 2.24) is 10.2 Å². The molecule has 0 radical (unpaired) electrons. The smallest absolute Gasteiger partial charge is 0.254 e. The molecule has 22 heavy (non-hydrogen) atoms. The molecule has 0 unspecified atom stereocenters. The summed E-state index contributed by atoms with van der Waals surface area (Å²) in [7, 11) is 0. The van der Waals surface area contributed by atoms with Crippen molar-refractivity contribution >= 4 is 0 Å². The number of rotatable bonds is 4. The van der Waals surface area contributed by atoms with Crippen LogP contribution in [0.3, 0.4) is 0 Å². The normalized spacial score (nSPS) is 13.1. The Morgan fingerprint density at radius 2 is 1.82 bits per heavy atom. The quantitative estimate of drug-likeness (QED) is 0.733. The minimum absolute atomic E-state index is 0.290. The number of aromatic nitrogens is 2. The molecule has 1 aromatic heterocycles. The molecule has 2 aromatic carbocycles. The molecule has 110 valence electrons. The minimum atomic E-state index is 0.290. The summed E-state index contributed by atoms with van der Waals surface area (Å²) in [5, 5.41) is 8.10. The standard InChI is InChI=1S/C18H16N2O2/c1-2-5-14(6-3-1)18-20-19-17(22-18)12-21-16-10-9-13-7-4-8-15(13)11-16/h1-3,5-6,9-11H,4,7-8,12H2. The summed E-state index contributed by atoms with van der Waals surface area (Å²) in [6, 6.07) is 16.0. The second kappa shape index (κ2) is 5.64. The fourth-order valence-electron chi connectivity index (χ4n) is 2.79. The third-order valence-corrected chi connectivity index (χ3v) is 3.92. The van der Waals surface area contributed by atoms with E-state index in [2.05, 4.69) is 22.3 Å². The molecule has 4 rings (SSSR count). The average molecular weight is 292 g/mol. The van der Waals surface area contributed by atoms with E-state index in [1.807, 2.05) is 36.4 Å². The molecule has 0 fully saturated rings. The van der Waals surface area contributed by atoms with Gasteiger partial charge in [0.15, 0.2) is 6.61 Å². The first-order valence-electron chi connectivity index (χ1n) is 7.51. The molecule has 0 bridgehead atoms. The van der Waals surface area contributed by atoms with E-state index in [0.29, 0.717) is 18.4 Å². The van der Waals surface area contributed by atoms with Gasteiger partial charge < -0.3 is 9.15 Å². The maximum atomic E-state index is 5.77. The van der Waals surface area contributed by atoms with Gasteiger partial charge in [0.05, 0.1) is 0 Å². The molecule has 3 aromatic rings. The minimum Gasteiger partial charge on any atom is -0.484 e. The van der Waals surface area contributed by atoms with Crippen LogP contribution in [0.4, 0.5) is 0 Å². The Hall–Kier alpha value is -2.62. The molecule has 0 N–H and O–H groups in total. The Balaban J connectivity index is 1.45. The number of aryl methyl sites for hydroxylation is 2. The summed E-state index contributed by atoms with van der Waals surface area (Å²) in [4.78, 5) is 0. The van der Waals surface area contributed by atoms with E-state index in [9.17, 15) is 0 Å². The lowest BCUT2D eigenvalue weighted by Crippen LogP contribution is -1.96. The van der Waals surface area contributed by atoms with Crippen LogP contribution >= 0.6 is 0 Å². The van der Waals surface area contributed by atoms with Gasteiger partial charge in [-0.15, -0.1) is 10.2 Å². The summed E-state index contributed by atoms with van der Waals surface area (Å²) in [5.41, 5.74) is 3.75. The van der Waals surface area contributed by atoms with Crippen molar-refractivity contribution in [3.8, 4) is 17.2 Å². The molecule has 0 amide bonds. The molecule has 1 aliphatic carbocycles. The largest absolute Gasteiger partial charge is 0.484 e. The highest BCUT2D eigenvalue weighted by atomic mass is 16.5. The van der Waals surface area contributed by atoms with E-state index in [1.165, 1.54) is 24.0 Å². The van der Waals surface area contributed by atoms with Crippen LogP contribution in [0.1, 0.15) is 23.4 Å². The van der Waals surface area contributed by atoms with Gasteiger partial charge in [0.1, 0.15) is 5.75 Å². The zero-order chi connectivity index (χ0) is 14.8. The van der Waals surface area contributed by atoms with Gasteiger partial charge in [0, 0.05) is 5.56 Å². The zero-order valence-corrected chi connectivity index (χ0v) is 12.2. The number of nitrogens with zero attached hydrogens (tertiary/aromatic N) is 2. The highest BCUT2D eigenvalue weighted by molar-refractivity contribution is 5.51. The molecule has 1 aliphatic rings. The van der Waals surface area contributed by atoms with E-state index in [-0.39, 0.29) is 0 Å². The third-order valence-electron chi connectivity index (χ3n) is 3.92. The van der Waals surface area contributed by atoms with Crippen molar-refractivity contribution in [3.63, 3.8) is 0 Å². The first kappa shape index (κ1) is 13.1. The van der Waals surface area contributed by atoms with Crippen LogP contribution in [-0.2, 0) is 19.4 Å². The van der Waals surface area contributed by atoms with E-state index in [0.717, 1.165) is 17.7 Å². The second-order valence-electron chi connectivity index (χ2n) is 5.44. The summed E-state index contributed by atoms with van der Waals surface area (Å²) in [5.74, 6) is 1.87. The molecule has 0 atom stereocenters. The third kappa shape index (κ3) is 2.60. The van der Waals surface area contributed by atoms with Crippen LogP contribution in [0.15, 0.2) is 52.9 Å². The molecular formula is C18H16N2O2. The van der Waals surface area contributed by atoms with Crippen molar-refractivity contribution in [2.45, 2.75) is 25.9 Å². The van der Waals surface area contributed by atoms with Gasteiger partial charge in [-0.2, -0.15) is 0 Å². The Morgan fingerprint density at radius 1 is 0.955 bits per heavy atom. The average Bonchev–Trinajstić information content (AvgIpc) is 3.22. The highest BCUT2D eigenvalue weighted by Gasteiger charge is 2.12. The molecular weight excluding hydrogens is 276 g/mol. The van der Waals surface area contributed by atoms with Crippen molar-refractivity contribution in [2.24, 2.45) is 0 Å². The first-order valence-corrected chi connectivity index (χ1v) is 7.51. The number of fused-ring (bicyclic) bond motifs is 1. The maximum absolute atomic E-state index is 5.77. The van der Waals surface area contributed by atoms with Crippen LogP contribution in [-0.4, -0.2) is 10.2 Å². The van der Waals surface area contributed by atoms with Gasteiger partial charge in [-0.1, -0.05) is 24.3 Å². The van der Waals surface area contributed by atoms with Gasteiger partial charge in [-0.05, 0) is 54.7 Å². The van der Waals surface area contributed by atoms with Crippen LogP contribution < -0.4 is 4.74 Å². The van der Waals surface area contributed by atoms with Gasteiger partial charge in [0.2, 0.25) is 5.89 Å². The topological polar surface area (TPSA) is 48.2 Å². The van der Waals surface area contributed by atoms with Gasteiger partial charge >= 0.3 is 0 Å². The number of hydrogen-bond donors (Lipinski definition) is 0. The molecule has 0 saturated heterocycles. The molecule has 0 saturated carbocycles. The van der Waals surface area contributed by atoms with Crippen LogP contribution in [0.2, 0.25) is 0 Å². The Labute approximate surface area is 128 Å². The Bertz CT molecular complexity index is 781. The van der Waals surface area contributed by atoms with Gasteiger partial charge in [-0.3, -0.25) is 0 Å². The Morgan fingerprint density at radius 3 is 2.73 bits per heavy atom.